The number of fused-ring (bicyclic) bond motifs is 1. The number of benzene rings is 2. The summed E-state index contributed by atoms with van der Waals surface area (Å²) in [7, 11) is 1.62. The number of aryl methyl sites for hydroxylation is 1. The van der Waals surface area contributed by atoms with Gasteiger partial charge in [-0.05, 0) is 42.2 Å². The molecule has 2 aromatic carbocycles. The summed E-state index contributed by atoms with van der Waals surface area (Å²) in [6.45, 7) is 1.16. The van der Waals surface area contributed by atoms with Gasteiger partial charge in [-0.25, -0.2) is 0 Å². The Morgan fingerprint density at radius 3 is 2.77 bits per heavy atom. The van der Waals surface area contributed by atoms with E-state index in [0.29, 0.717) is 13.1 Å². The largest absolute Gasteiger partial charge is 0.497 e. The van der Waals surface area contributed by atoms with E-state index in [1.54, 1.807) is 12.0 Å². The zero-order valence-electron chi connectivity index (χ0n) is 14.7. The number of nitrogens with zero attached hydrogens (tertiary/aromatic N) is 2. The lowest BCUT2D eigenvalue weighted by Gasteiger charge is -2.29. The summed E-state index contributed by atoms with van der Waals surface area (Å²) in [5.74, 6) is 0.530. The number of anilines is 1. The number of carbonyl (C=O) groups is 1. The predicted molar refractivity (Wildman–Crippen MR) is 101 cm³/mol. The zero-order valence-corrected chi connectivity index (χ0v) is 14.7. The van der Waals surface area contributed by atoms with Gasteiger partial charge in [0, 0.05) is 25.0 Å². The number of para-hydroxylation sites is 1. The van der Waals surface area contributed by atoms with Crippen LogP contribution >= 0.6 is 0 Å². The van der Waals surface area contributed by atoms with Crippen LogP contribution in [-0.4, -0.2) is 19.6 Å². The lowest BCUT2D eigenvalue weighted by atomic mass is 10.0. The van der Waals surface area contributed by atoms with Crippen molar-refractivity contribution in [1.29, 1.82) is 5.26 Å². The molecule has 1 amide bonds. The van der Waals surface area contributed by atoms with Gasteiger partial charge in [-0.15, -0.1) is 0 Å². The maximum atomic E-state index is 12.8. The van der Waals surface area contributed by atoms with Crippen molar-refractivity contribution in [2.75, 3.05) is 18.6 Å². The Hall–Kier alpha value is -3.26. The molecule has 0 radical (unpaired) electrons. The molecule has 2 aromatic rings. The van der Waals surface area contributed by atoms with Crippen molar-refractivity contribution in [2.45, 2.75) is 19.4 Å². The maximum Gasteiger partial charge on any atom is 0.270 e. The highest BCUT2D eigenvalue weighted by Crippen LogP contribution is 2.27. The Morgan fingerprint density at radius 1 is 1.27 bits per heavy atom. The van der Waals surface area contributed by atoms with E-state index in [0.717, 1.165) is 35.4 Å². The Labute approximate surface area is 153 Å². The van der Waals surface area contributed by atoms with Crippen molar-refractivity contribution in [1.82, 2.24) is 5.32 Å². The van der Waals surface area contributed by atoms with Crippen molar-refractivity contribution in [3.8, 4) is 11.8 Å². The maximum absolute atomic E-state index is 12.8. The second-order valence-corrected chi connectivity index (χ2v) is 6.09. The molecule has 0 spiro atoms. The Bertz CT molecular complexity index is 850. The van der Waals surface area contributed by atoms with E-state index >= 15 is 0 Å². The fraction of sp³-hybridized carbons (Fsp3) is 0.238. The fourth-order valence-corrected chi connectivity index (χ4v) is 3.05. The average Bonchev–Trinajstić information content (AvgIpc) is 2.71. The summed E-state index contributed by atoms with van der Waals surface area (Å²) < 4.78 is 5.13. The van der Waals surface area contributed by atoms with Gasteiger partial charge in [0.1, 0.15) is 17.4 Å². The molecule has 0 saturated carbocycles. The van der Waals surface area contributed by atoms with Crippen LogP contribution in [0.25, 0.3) is 0 Å². The van der Waals surface area contributed by atoms with Gasteiger partial charge in [-0.2, -0.15) is 5.26 Å². The normalized spacial score (nSPS) is 13.5. The minimum Gasteiger partial charge on any atom is -0.497 e. The molecule has 1 heterocycles. The molecule has 0 atom stereocenters. The van der Waals surface area contributed by atoms with Crippen LogP contribution in [0.3, 0.4) is 0 Å². The van der Waals surface area contributed by atoms with Crippen LogP contribution in [0.2, 0.25) is 0 Å². The summed E-state index contributed by atoms with van der Waals surface area (Å²) in [5.41, 5.74) is 3.20. The quantitative estimate of drug-likeness (QED) is 0.666. The number of methoxy groups -OCH3 is 1. The highest BCUT2D eigenvalue weighted by Gasteiger charge is 2.24. The predicted octanol–water partition coefficient (Wildman–Crippen LogP) is 3.17. The standard InChI is InChI=1S/C21H21N3O2/c1-26-19-10-8-16(9-11-19)14-23-15-18(13-22)21(25)24-12-4-6-17-5-2-3-7-20(17)24/h2-3,5,7-11,15,23H,4,6,12,14H2,1H3/b18-15-. The monoisotopic (exact) mass is 347 g/mol. The van der Waals surface area contributed by atoms with Gasteiger partial charge in [-0.1, -0.05) is 30.3 Å². The van der Waals surface area contributed by atoms with Gasteiger partial charge in [-0.3, -0.25) is 4.79 Å². The zero-order chi connectivity index (χ0) is 18.4. The molecule has 5 nitrogen and oxygen atoms in total. The molecule has 0 unspecified atom stereocenters. The molecule has 132 valence electrons. The van der Waals surface area contributed by atoms with Gasteiger partial charge in [0.05, 0.1) is 7.11 Å². The van der Waals surface area contributed by atoms with Gasteiger partial charge in [0.2, 0.25) is 0 Å². The SMILES string of the molecule is COc1ccc(CN/C=C(/C#N)C(=O)N2CCCc3ccccc32)cc1. The first-order valence-corrected chi connectivity index (χ1v) is 8.59. The number of nitrogens with one attached hydrogen (secondary N) is 1. The van der Waals surface area contributed by atoms with Gasteiger partial charge in [0.25, 0.3) is 5.91 Å². The van der Waals surface area contributed by atoms with Crippen LogP contribution in [0, 0.1) is 11.3 Å². The summed E-state index contributed by atoms with van der Waals surface area (Å²) in [4.78, 5) is 14.5. The molecule has 1 N–H and O–H groups in total. The number of amides is 1. The number of nitriles is 1. The van der Waals surface area contributed by atoms with E-state index in [2.05, 4.69) is 5.32 Å². The summed E-state index contributed by atoms with van der Waals surface area (Å²) >= 11 is 0. The second-order valence-electron chi connectivity index (χ2n) is 6.09. The number of carbonyl (C=O) groups excluding carboxylic acids is 1. The lowest BCUT2D eigenvalue weighted by Crippen LogP contribution is -2.36. The van der Waals surface area contributed by atoms with Crippen LogP contribution in [0.5, 0.6) is 5.75 Å². The van der Waals surface area contributed by atoms with E-state index in [4.69, 9.17) is 4.74 Å². The number of ether oxygens (including phenoxy) is 1. The van der Waals surface area contributed by atoms with Gasteiger partial charge < -0.3 is 15.0 Å². The number of hydrogen-bond donors (Lipinski definition) is 1. The first-order valence-electron chi connectivity index (χ1n) is 8.59. The molecule has 0 saturated heterocycles. The first kappa shape index (κ1) is 17.6. The van der Waals surface area contributed by atoms with Crippen LogP contribution < -0.4 is 15.0 Å². The molecule has 0 aromatic heterocycles. The van der Waals surface area contributed by atoms with E-state index in [1.165, 1.54) is 6.20 Å². The van der Waals surface area contributed by atoms with E-state index in [9.17, 15) is 10.1 Å². The van der Waals surface area contributed by atoms with Gasteiger partial charge >= 0.3 is 0 Å². The fourth-order valence-electron chi connectivity index (χ4n) is 3.05. The second kappa shape index (κ2) is 8.21. The smallest absolute Gasteiger partial charge is 0.270 e. The summed E-state index contributed by atoms with van der Waals surface area (Å²) in [5, 5.41) is 12.5. The molecule has 1 aliphatic heterocycles. The molecule has 0 aliphatic carbocycles. The van der Waals surface area contributed by atoms with Crippen LogP contribution in [0.1, 0.15) is 17.5 Å². The number of rotatable bonds is 5. The Balaban J connectivity index is 1.69. The highest BCUT2D eigenvalue weighted by molar-refractivity contribution is 6.08. The van der Waals surface area contributed by atoms with E-state index < -0.39 is 0 Å². The summed E-state index contributed by atoms with van der Waals surface area (Å²) in [6, 6.07) is 17.5. The highest BCUT2D eigenvalue weighted by atomic mass is 16.5. The van der Waals surface area contributed by atoms with E-state index in [1.807, 2.05) is 54.6 Å². The van der Waals surface area contributed by atoms with Crippen molar-refractivity contribution in [2.24, 2.45) is 0 Å². The molecule has 3 rings (SSSR count). The molecule has 0 fully saturated rings. The van der Waals surface area contributed by atoms with Crippen LogP contribution in [0.4, 0.5) is 5.69 Å². The van der Waals surface area contributed by atoms with Crippen molar-refractivity contribution in [3.63, 3.8) is 0 Å². The summed E-state index contributed by atoms with van der Waals surface area (Å²) in [6.07, 6.45) is 3.37. The average molecular weight is 347 g/mol. The molecule has 5 heteroatoms. The Kier molecular flexibility index (Phi) is 5.55. The topological polar surface area (TPSA) is 65.4 Å². The molecule has 26 heavy (non-hydrogen) atoms. The first-order chi connectivity index (χ1) is 12.7. The molecule has 1 aliphatic rings. The molecule has 0 bridgehead atoms. The third-order valence-corrected chi connectivity index (χ3v) is 4.42. The van der Waals surface area contributed by atoms with E-state index in [-0.39, 0.29) is 11.5 Å². The third-order valence-electron chi connectivity index (χ3n) is 4.42. The van der Waals surface area contributed by atoms with Crippen molar-refractivity contribution < 1.29 is 9.53 Å². The van der Waals surface area contributed by atoms with Gasteiger partial charge in [0.15, 0.2) is 0 Å². The van der Waals surface area contributed by atoms with Crippen molar-refractivity contribution >= 4 is 11.6 Å². The third kappa shape index (κ3) is 3.86. The molecular weight excluding hydrogens is 326 g/mol. The Morgan fingerprint density at radius 2 is 2.04 bits per heavy atom. The minimum absolute atomic E-state index is 0.107. The van der Waals surface area contributed by atoms with Crippen molar-refractivity contribution in [3.05, 3.63) is 71.4 Å². The molecular formula is C21H21N3O2. The number of hydrogen-bond acceptors (Lipinski definition) is 4. The van der Waals surface area contributed by atoms with Crippen LogP contribution in [0.15, 0.2) is 60.3 Å². The van der Waals surface area contributed by atoms with Crippen LogP contribution in [-0.2, 0) is 17.8 Å². The minimum atomic E-state index is -0.262. The lowest BCUT2D eigenvalue weighted by molar-refractivity contribution is -0.114.